The third kappa shape index (κ3) is 2.92. The van der Waals surface area contributed by atoms with Gasteiger partial charge in [0.05, 0.1) is 12.2 Å². The fraction of sp³-hybridized carbons (Fsp3) is 0.400. The first-order valence-corrected chi connectivity index (χ1v) is 7.41. The third-order valence-corrected chi connectivity index (χ3v) is 3.55. The van der Waals surface area contributed by atoms with Crippen LogP contribution in [0.15, 0.2) is 22.7 Å². The van der Waals surface area contributed by atoms with E-state index in [1.165, 1.54) is 9.42 Å². The minimum absolute atomic E-state index is 0.0753. The van der Waals surface area contributed by atoms with Crippen LogP contribution in [0.3, 0.4) is 0 Å². The van der Waals surface area contributed by atoms with Crippen molar-refractivity contribution < 1.29 is 14.4 Å². The van der Waals surface area contributed by atoms with E-state index in [9.17, 15) is 9.90 Å². The smallest absolute Gasteiger partial charge is 0.408 e. The summed E-state index contributed by atoms with van der Waals surface area (Å²) in [5.41, 5.74) is 1.28. The van der Waals surface area contributed by atoms with Gasteiger partial charge in [-0.2, -0.15) is 9.61 Å². The van der Waals surface area contributed by atoms with Crippen molar-refractivity contribution in [2.45, 2.75) is 39.8 Å². The molecule has 3 aromatic heterocycles. The zero-order valence-electron chi connectivity index (χ0n) is 13.9. The highest BCUT2D eigenvalue weighted by Gasteiger charge is 2.28. The molecule has 1 N–H and O–H groups in total. The number of carbonyl (C=O) groups is 1. The summed E-state index contributed by atoms with van der Waals surface area (Å²) < 4.78 is 6.74. The van der Waals surface area contributed by atoms with Crippen LogP contribution in [-0.2, 0) is 6.54 Å². The highest BCUT2D eigenvalue weighted by molar-refractivity contribution is 5.66. The van der Waals surface area contributed by atoms with Crippen molar-refractivity contribution in [3.8, 4) is 11.5 Å². The minimum atomic E-state index is -1.03. The summed E-state index contributed by atoms with van der Waals surface area (Å²) in [5, 5.41) is 25.8. The van der Waals surface area contributed by atoms with Crippen molar-refractivity contribution in [3.63, 3.8) is 0 Å². The van der Waals surface area contributed by atoms with E-state index in [1.807, 2.05) is 27.7 Å². The lowest BCUT2D eigenvalue weighted by Crippen LogP contribution is -2.44. The molecule has 0 saturated carbocycles. The predicted octanol–water partition coefficient (Wildman–Crippen LogP) is 2.37. The van der Waals surface area contributed by atoms with Crippen LogP contribution >= 0.6 is 0 Å². The number of amides is 1. The molecule has 1 amide bonds. The number of fused-ring (bicyclic) bond motifs is 1. The maximum absolute atomic E-state index is 11.5. The first-order valence-electron chi connectivity index (χ1n) is 7.41. The summed E-state index contributed by atoms with van der Waals surface area (Å²) in [6.07, 6.45) is -1.03. The fourth-order valence-corrected chi connectivity index (χ4v) is 2.28. The molecule has 0 aliphatic rings. The molecular formula is C15H18N6O3. The molecule has 126 valence electrons. The first-order chi connectivity index (χ1) is 11.3. The van der Waals surface area contributed by atoms with Gasteiger partial charge in [-0.3, -0.25) is 4.90 Å². The fourth-order valence-electron chi connectivity index (χ4n) is 2.28. The lowest BCUT2D eigenvalue weighted by molar-refractivity contribution is 0.0933. The Morgan fingerprint density at radius 3 is 2.67 bits per heavy atom. The SMILES string of the molecule is Cc1cc(-c2ccc3nnc(CN(C(=O)O)C(C)(C)C)n3n2)on1. The predicted molar refractivity (Wildman–Crippen MR) is 84.3 cm³/mol. The molecule has 0 fully saturated rings. The Morgan fingerprint density at radius 2 is 2.08 bits per heavy atom. The zero-order chi connectivity index (χ0) is 17.5. The van der Waals surface area contributed by atoms with E-state index in [0.717, 1.165) is 5.69 Å². The molecule has 0 saturated heterocycles. The van der Waals surface area contributed by atoms with E-state index in [1.54, 1.807) is 18.2 Å². The highest BCUT2D eigenvalue weighted by Crippen LogP contribution is 2.20. The van der Waals surface area contributed by atoms with Crippen LogP contribution in [-0.4, -0.2) is 46.6 Å². The minimum Gasteiger partial charge on any atom is -0.465 e. The van der Waals surface area contributed by atoms with Gasteiger partial charge in [-0.15, -0.1) is 10.2 Å². The molecule has 0 aliphatic carbocycles. The average Bonchev–Trinajstić information content (AvgIpc) is 3.09. The van der Waals surface area contributed by atoms with E-state index in [-0.39, 0.29) is 6.54 Å². The van der Waals surface area contributed by atoms with E-state index >= 15 is 0 Å². The molecule has 9 nitrogen and oxygen atoms in total. The van der Waals surface area contributed by atoms with E-state index in [0.29, 0.717) is 22.9 Å². The van der Waals surface area contributed by atoms with Gasteiger partial charge in [-0.25, -0.2) is 4.79 Å². The largest absolute Gasteiger partial charge is 0.465 e. The van der Waals surface area contributed by atoms with Crippen LogP contribution < -0.4 is 0 Å². The Kier molecular flexibility index (Phi) is 3.70. The number of rotatable bonds is 3. The van der Waals surface area contributed by atoms with Gasteiger partial charge in [0.15, 0.2) is 17.2 Å². The van der Waals surface area contributed by atoms with Crippen molar-refractivity contribution in [2.24, 2.45) is 0 Å². The van der Waals surface area contributed by atoms with Crippen LogP contribution in [0, 0.1) is 6.92 Å². The van der Waals surface area contributed by atoms with Gasteiger partial charge in [-0.05, 0) is 39.8 Å². The Labute approximate surface area is 137 Å². The van der Waals surface area contributed by atoms with Crippen molar-refractivity contribution in [2.75, 3.05) is 0 Å². The van der Waals surface area contributed by atoms with Crippen molar-refractivity contribution in [3.05, 3.63) is 29.7 Å². The summed E-state index contributed by atoms with van der Waals surface area (Å²) >= 11 is 0. The van der Waals surface area contributed by atoms with Gasteiger partial charge in [-0.1, -0.05) is 5.16 Å². The molecule has 0 bridgehead atoms. The van der Waals surface area contributed by atoms with Gasteiger partial charge < -0.3 is 9.63 Å². The second-order valence-electron chi connectivity index (χ2n) is 6.48. The van der Waals surface area contributed by atoms with Gasteiger partial charge in [0.1, 0.15) is 5.69 Å². The summed E-state index contributed by atoms with van der Waals surface area (Å²) in [6, 6.07) is 5.28. The molecule has 3 rings (SSSR count). The molecule has 0 aromatic carbocycles. The van der Waals surface area contributed by atoms with Gasteiger partial charge in [0, 0.05) is 11.6 Å². The summed E-state index contributed by atoms with van der Waals surface area (Å²) in [5.74, 6) is 0.959. The second kappa shape index (κ2) is 5.59. The first kappa shape index (κ1) is 15.9. The number of carboxylic acid groups (broad SMARTS) is 1. The topological polar surface area (TPSA) is 110 Å². The Bertz CT molecular complexity index is 892. The highest BCUT2D eigenvalue weighted by atomic mass is 16.5. The summed E-state index contributed by atoms with van der Waals surface area (Å²) in [7, 11) is 0. The number of aromatic nitrogens is 5. The monoisotopic (exact) mass is 330 g/mol. The summed E-state index contributed by atoms with van der Waals surface area (Å²) in [4.78, 5) is 12.8. The molecule has 0 unspecified atom stereocenters. The zero-order valence-corrected chi connectivity index (χ0v) is 13.9. The number of hydrogen-bond acceptors (Lipinski definition) is 6. The molecule has 3 heterocycles. The Morgan fingerprint density at radius 1 is 1.33 bits per heavy atom. The molecule has 0 atom stereocenters. The normalized spacial score (nSPS) is 11.8. The van der Waals surface area contributed by atoms with Crippen LogP contribution in [0.4, 0.5) is 4.79 Å². The van der Waals surface area contributed by atoms with E-state index in [2.05, 4.69) is 20.5 Å². The molecule has 0 aliphatic heterocycles. The molecule has 0 spiro atoms. The van der Waals surface area contributed by atoms with Gasteiger partial charge >= 0.3 is 6.09 Å². The molecule has 9 heteroatoms. The molecule has 0 radical (unpaired) electrons. The van der Waals surface area contributed by atoms with Crippen LogP contribution in [0.5, 0.6) is 0 Å². The number of aryl methyl sites for hydroxylation is 1. The van der Waals surface area contributed by atoms with Gasteiger partial charge in [0.2, 0.25) is 0 Å². The Balaban J connectivity index is 2.01. The number of hydrogen-bond donors (Lipinski definition) is 1. The van der Waals surface area contributed by atoms with Crippen molar-refractivity contribution >= 4 is 11.7 Å². The maximum Gasteiger partial charge on any atom is 0.408 e. The van der Waals surface area contributed by atoms with Crippen molar-refractivity contribution in [1.29, 1.82) is 0 Å². The molecule has 3 aromatic rings. The molecular weight excluding hydrogens is 312 g/mol. The van der Waals surface area contributed by atoms with Crippen LogP contribution in [0.2, 0.25) is 0 Å². The lowest BCUT2D eigenvalue weighted by atomic mass is 10.1. The molecule has 24 heavy (non-hydrogen) atoms. The average molecular weight is 330 g/mol. The van der Waals surface area contributed by atoms with E-state index in [4.69, 9.17) is 4.52 Å². The van der Waals surface area contributed by atoms with Crippen molar-refractivity contribution in [1.82, 2.24) is 29.9 Å². The lowest BCUT2D eigenvalue weighted by Gasteiger charge is -2.32. The van der Waals surface area contributed by atoms with Crippen LogP contribution in [0.1, 0.15) is 32.3 Å². The number of nitrogens with zero attached hydrogens (tertiary/aromatic N) is 6. The van der Waals surface area contributed by atoms with E-state index < -0.39 is 11.6 Å². The quantitative estimate of drug-likeness (QED) is 0.785. The van der Waals surface area contributed by atoms with Gasteiger partial charge in [0.25, 0.3) is 0 Å². The summed E-state index contributed by atoms with van der Waals surface area (Å²) in [6.45, 7) is 7.36. The standard InChI is InChI=1S/C15H18N6O3/c1-9-7-11(24-19-9)10-5-6-12-16-17-13(21(12)18-10)8-20(14(22)23)15(2,3)4/h5-7H,8H2,1-4H3,(H,22,23). The third-order valence-electron chi connectivity index (χ3n) is 3.55. The van der Waals surface area contributed by atoms with Crippen LogP contribution in [0.25, 0.3) is 17.1 Å². The second-order valence-corrected chi connectivity index (χ2v) is 6.48. The Hall–Kier alpha value is -2.97. The maximum atomic E-state index is 11.5.